The Morgan fingerprint density at radius 2 is 2.23 bits per heavy atom. The van der Waals surface area contributed by atoms with E-state index in [9.17, 15) is 9.59 Å². The number of aryl methyl sites for hydroxylation is 3. The van der Waals surface area contributed by atoms with Crippen molar-refractivity contribution in [3.63, 3.8) is 0 Å². The van der Waals surface area contributed by atoms with Crippen molar-refractivity contribution in [1.82, 2.24) is 20.3 Å². The van der Waals surface area contributed by atoms with Gasteiger partial charge in [-0.05, 0) is 30.9 Å². The van der Waals surface area contributed by atoms with Crippen LogP contribution < -0.4 is 10.2 Å². The highest BCUT2D eigenvalue weighted by Gasteiger charge is 2.36. The van der Waals surface area contributed by atoms with Gasteiger partial charge in [-0.15, -0.1) is 5.10 Å². The van der Waals surface area contributed by atoms with Crippen molar-refractivity contribution in [3.05, 3.63) is 41.7 Å². The summed E-state index contributed by atoms with van der Waals surface area (Å²) in [5.41, 5.74) is 3.19. The Labute approximate surface area is 153 Å². The van der Waals surface area contributed by atoms with Crippen LogP contribution in [0.2, 0.25) is 0 Å². The summed E-state index contributed by atoms with van der Waals surface area (Å²) in [6, 6.07) is 6.07. The summed E-state index contributed by atoms with van der Waals surface area (Å²) >= 11 is 0. The Morgan fingerprint density at radius 3 is 2.96 bits per heavy atom. The quantitative estimate of drug-likeness (QED) is 0.767. The largest absolute Gasteiger partial charge is 0.356 e. The molecule has 2 amide bonds. The van der Waals surface area contributed by atoms with Crippen LogP contribution in [0.25, 0.3) is 0 Å². The molecular formula is C19H25N5O2. The van der Waals surface area contributed by atoms with Gasteiger partial charge in [0.15, 0.2) is 0 Å². The number of benzene rings is 1. The number of carbonyl (C=O) groups is 2. The number of nitrogens with zero attached hydrogens (tertiary/aromatic N) is 4. The SMILES string of the molecule is CCc1cccc(C)c1N1CC(C(=O)NCCCn2ccnn2)CC1=O. The van der Waals surface area contributed by atoms with Crippen LogP contribution in [-0.4, -0.2) is 39.9 Å². The van der Waals surface area contributed by atoms with Gasteiger partial charge >= 0.3 is 0 Å². The van der Waals surface area contributed by atoms with E-state index in [2.05, 4.69) is 22.6 Å². The minimum absolute atomic E-state index is 0.0248. The van der Waals surface area contributed by atoms with Gasteiger partial charge in [-0.1, -0.05) is 30.3 Å². The average Bonchev–Trinajstić information content (AvgIpc) is 3.28. The number of rotatable bonds is 7. The maximum Gasteiger partial charge on any atom is 0.227 e. The van der Waals surface area contributed by atoms with Gasteiger partial charge in [-0.2, -0.15) is 0 Å². The van der Waals surface area contributed by atoms with E-state index in [1.54, 1.807) is 22.0 Å². The molecule has 1 N–H and O–H groups in total. The molecule has 0 spiro atoms. The number of hydrogen-bond acceptors (Lipinski definition) is 4. The molecule has 0 saturated carbocycles. The highest BCUT2D eigenvalue weighted by Crippen LogP contribution is 2.31. The van der Waals surface area contributed by atoms with Crippen LogP contribution in [-0.2, 0) is 22.6 Å². The Bertz CT molecular complexity index is 772. The normalized spacial score (nSPS) is 16.9. The molecule has 7 nitrogen and oxygen atoms in total. The van der Waals surface area contributed by atoms with E-state index >= 15 is 0 Å². The third-order valence-electron chi connectivity index (χ3n) is 4.80. The van der Waals surface area contributed by atoms with Crippen molar-refractivity contribution < 1.29 is 9.59 Å². The summed E-state index contributed by atoms with van der Waals surface area (Å²) in [5.74, 6) is -0.318. The lowest BCUT2D eigenvalue weighted by atomic mass is 10.0. The van der Waals surface area contributed by atoms with Gasteiger partial charge in [0.2, 0.25) is 11.8 Å². The van der Waals surface area contributed by atoms with Crippen molar-refractivity contribution in [2.75, 3.05) is 18.0 Å². The molecule has 7 heteroatoms. The Hall–Kier alpha value is -2.70. The van der Waals surface area contributed by atoms with E-state index in [4.69, 9.17) is 0 Å². The molecule has 3 rings (SSSR count). The van der Waals surface area contributed by atoms with Gasteiger partial charge in [0.1, 0.15) is 0 Å². The molecule has 0 aliphatic carbocycles. The molecule has 1 aliphatic rings. The monoisotopic (exact) mass is 355 g/mol. The van der Waals surface area contributed by atoms with Crippen LogP contribution in [0.15, 0.2) is 30.6 Å². The molecule has 1 aromatic heterocycles. The zero-order chi connectivity index (χ0) is 18.5. The number of hydrogen-bond donors (Lipinski definition) is 1. The topological polar surface area (TPSA) is 80.1 Å². The second kappa shape index (κ2) is 8.12. The van der Waals surface area contributed by atoms with Gasteiger partial charge in [-0.25, -0.2) is 0 Å². The third-order valence-corrected chi connectivity index (χ3v) is 4.80. The Kier molecular flexibility index (Phi) is 5.65. The van der Waals surface area contributed by atoms with Crippen molar-refractivity contribution in [1.29, 1.82) is 0 Å². The molecule has 1 unspecified atom stereocenters. The lowest BCUT2D eigenvalue weighted by Crippen LogP contribution is -2.34. The fraction of sp³-hybridized carbons (Fsp3) is 0.474. The van der Waals surface area contributed by atoms with Crippen LogP contribution in [0.4, 0.5) is 5.69 Å². The molecule has 26 heavy (non-hydrogen) atoms. The highest BCUT2D eigenvalue weighted by atomic mass is 16.2. The number of carbonyl (C=O) groups excluding carboxylic acids is 2. The maximum absolute atomic E-state index is 12.5. The first-order chi connectivity index (χ1) is 12.6. The van der Waals surface area contributed by atoms with Crippen molar-refractivity contribution in [2.45, 2.75) is 39.7 Å². The number of nitrogens with one attached hydrogen (secondary N) is 1. The van der Waals surface area contributed by atoms with Crippen molar-refractivity contribution in [3.8, 4) is 0 Å². The number of para-hydroxylation sites is 1. The molecule has 0 radical (unpaired) electrons. The fourth-order valence-corrected chi connectivity index (χ4v) is 3.44. The summed E-state index contributed by atoms with van der Waals surface area (Å²) in [4.78, 5) is 26.8. The summed E-state index contributed by atoms with van der Waals surface area (Å²) in [6.45, 7) is 5.82. The smallest absolute Gasteiger partial charge is 0.227 e. The number of anilines is 1. The zero-order valence-electron chi connectivity index (χ0n) is 15.3. The van der Waals surface area contributed by atoms with Gasteiger partial charge in [-0.3, -0.25) is 14.3 Å². The van der Waals surface area contributed by atoms with Crippen LogP contribution in [0.1, 0.15) is 30.9 Å². The number of amides is 2. The molecular weight excluding hydrogens is 330 g/mol. The van der Waals surface area contributed by atoms with E-state index in [-0.39, 0.29) is 24.2 Å². The van der Waals surface area contributed by atoms with Gasteiger partial charge in [0.05, 0.1) is 12.1 Å². The first-order valence-electron chi connectivity index (χ1n) is 9.10. The van der Waals surface area contributed by atoms with E-state index < -0.39 is 0 Å². The molecule has 2 aromatic rings. The molecule has 1 atom stereocenters. The van der Waals surface area contributed by atoms with Crippen molar-refractivity contribution >= 4 is 17.5 Å². The first kappa shape index (κ1) is 18.1. The van der Waals surface area contributed by atoms with Crippen LogP contribution in [0.5, 0.6) is 0 Å². The second-order valence-electron chi connectivity index (χ2n) is 6.65. The summed E-state index contributed by atoms with van der Waals surface area (Å²) in [5, 5.41) is 10.6. The summed E-state index contributed by atoms with van der Waals surface area (Å²) in [6.07, 6.45) is 5.33. The molecule has 1 aliphatic heterocycles. The van der Waals surface area contributed by atoms with E-state index in [0.717, 1.165) is 29.7 Å². The Morgan fingerprint density at radius 1 is 1.38 bits per heavy atom. The Balaban J connectivity index is 1.56. The molecule has 0 bridgehead atoms. The van der Waals surface area contributed by atoms with Crippen LogP contribution in [0, 0.1) is 12.8 Å². The van der Waals surface area contributed by atoms with E-state index in [0.29, 0.717) is 19.6 Å². The lowest BCUT2D eigenvalue weighted by Gasteiger charge is -2.22. The van der Waals surface area contributed by atoms with Crippen LogP contribution >= 0.6 is 0 Å². The minimum atomic E-state index is -0.293. The van der Waals surface area contributed by atoms with Gasteiger partial charge in [0.25, 0.3) is 0 Å². The maximum atomic E-state index is 12.5. The molecule has 1 fully saturated rings. The fourth-order valence-electron chi connectivity index (χ4n) is 3.44. The molecule has 138 valence electrons. The third kappa shape index (κ3) is 3.92. The molecule has 1 saturated heterocycles. The van der Waals surface area contributed by atoms with Crippen molar-refractivity contribution in [2.24, 2.45) is 5.92 Å². The summed E-state index contributed by atoms with van der Waals surface area (Å²) in [7, 11) is 0. The predicted molar refractivity (Wildman–Crippen MR) is 98.7 cm³/mol. The van der Waals surface area contributed by atoms with Crippen LogP contribution in [0.3, 0.4) is 0 Å². The first-order valence-corrected chi connectivity index (χ1v) is 9.10. The van der Waals surface area contributed by atoms with E-state index in [1.807, 2.05) is 25.1 Å². The zero-order valence-corrected chi connectivity index (χ0v) is 15.3. The predicted octanol–water partition coefficient (Wildman–Crippen LogP) is 1.71. The standard InChI is InChI=1S/C19H25N5O2/c1-3-15-7-4-6-14(2)18(15)24-13-16(12-17(24)25)19(26)20-8-5-10-23-11-9-21-22-23/h4,6-7,9,11,16H,3,5,8,10,12-13H2,1-2H3,(H,20,26). The lowest BCUT2D eigenvalue weighted by molar-refractivity contribution is -0.126. The van der Waals surface area contributed by atoms with E-state index in [1.165, 1.54) is 0 Å². The average molecular weight is 355 g/mol. The molecule has 2 heterocycles. The van der Waals surface area contributed by atoms with Gasteiger partial charge in [0, 0.05) is 37.9 Å². The summed E-state index contributed by atoms with van der Waals surface area (Å²) < 4.78 is 1.73. The second-order valence-corrected chi connectivity index (χ2v) is 6.65. The molecule has 1 aromatic carbocycles. The van der Waals surface area contributed by atoms with Gasteiger partial charge < -0.3 is 10.2 Å². The number of aromatic nitrogens is 3. The highest BCUT2D eigenvalue weighted by molar-refractivity contribution is 6.01. The minimum Gasteiger partial charge on any atom is -0.356 e.